The van der Waals surface area contributed by atoms with Crippen LogP contribution in [-0.2, 0) is 4.79 Å². The molecule has 1 N–H and O–H groups in total. The first-order chi connectivity index (χ1) is 11.6. The van der Waals surface area contributed by atoms with Gasteiger partial charge in [0, 0.05) is 24.7 Å². The topological polar surface area (TPSA) is 32.3 Å². The first kappa shape index (κ1) is 19.7. The Labute approximate surface area is 158 Å². The maximum atomic E-state index is 13.5. The van der Waals surface area contributed by atoms with Crippen LogP contribution in [0.1, 0.15) is 30.0 Å². The molecule has 0 aliphatic carbocycles. The molecule has 3 rings (SSSR count). The molecule has 3 nitrogen and oxygen atoms in total. The highest BCUT2D eigenvalue weighted by Crippen LogP contribution is 2.28. The molecule has 134 valence electrons. The van der Waals surface area contributed by atoms with Crippen LogP contribution in [0.3, 0.4) is 0 Å². The van der Waals surface area contributed by atoms with Gasteiger partial charge in [-0.15, -0.1) is 12.4 Å². The Kier molecular flexibility index (Phi) is 6.82. The van der Waals surface area contributed by atoms with Crippen LogP contribution >= 0.6 is 24.0 Å². The molecule has 6 heteroatoms. The van der Waals surface area contributed by atoms with E-state index >= 15 is 0 Å². The molecule has 2 aromatic rings. The number of hydrogen-bond acceptors (Lipinski definition) is 2. The van der Waals surface area contributed by atoms with Crippen LogP contribution in [0.15, 0.2) is 48.5 Å². The minimum Gasteiger partial charge on any atom is -0.333 e. The Morgan fingerprint density at radius 3 is 2.76 bits per heavy atom. The second-order valence-corrected chi connectivity index (χ2v) is 6.52. The first-order valence-electron chi connectivity index (χ1n) is 8.08. The largest absolute Gasteiger partial charge is 0.333 e. The van der Waals surface area contributed by atoms with Gasteiger partial charge in [-0.3, -0.25) is 4.79 Å². The van der Waals surface area contributed by atoms with Crippen LogP contribution in [0, 0.1) is 5.82 Å². The molecule has 0 saturated carbocycles. The number of carbonyl (C=O) groups excluding carboxylic acids is 1. The molecule has 2 unspecified atom stereocenters. The van der Waals surface area contributed by atoms with Gasteiger partial charge in [0.1, 0.15) is 5.82 Å². The van der Waals surface area contributed by atoms with Gasteiger partial charge in [-0.05, 0) is 42.3 Å². The van der Waals surface area contributed by atoms with Crippen LogP contribution < -0.4 is 5.32 Å². The lowest BCUT2D eigenvalue weighted by Gasteiger charge is -2.38. The Morgan fingerprint density at radius 2 is 2.04 bits per heavy atom. The van der Waals surface area contributed by atoms with Crippen molar-refractivity contribution in [1.82, 2.24) is 10.2 Å². The SMILES string of the molecule is CC(C(=O)N1CCNCC1c1cccc(Cl)c1)c1cccc(F)c1.Cl. The molecule has 0 bridgehead atoms. The van der Waals surface area contributed by atoms with Crippen molar-refractivity contribution in [1.29, 1.82) is 0 Å². The molecule has 2 aromatic carbocycles. The number of piperazine rings is 1. The van der Waals surface area contributed by atoms with E-state index in [9.17, 15) is 9.18 Å². The lowest BCUT2D eigenvalue weighted by atomic mass is 9.96. The first-order valence-corrected chi connectivity index (χ1v) is 8.46. The maximum absolute atomic E-state index is 13.5. The van der Waals surface area contributed by atoms with Crippen LogP contribution in [-0.4, -0.2) is 30.4 Å². The van der Waals surface area contributed by atoms with Crippen molar-refractivity contribution >= 4 is 29.9 Å². The molecule has 1 heterocycles. The van der Waals surface area contributed by atoms with Crippen molar-refractivity contribution in [2.24, 2.45) is 0 Å². The van der Waals surface area contributed by atoms with E-state index < -0.39 is 0 Å². The number of nitrogens with zero attached hydrogens (tertiary/aromatic N) is 1. The van der Waals surface area contributed by atoms with Gasteiger partial charge in [0.2, 0.25) is 5.91 Å². The fraction of sp³-hybridized carbons (Fsp3) is 0.316. The van der Waals surface area contributed by atoms with Crippen molar-refractivity contribution in [3.8, 4) is 0 Å². The summed E-state index contributed by atoms with van der Waals surface area (Å²) in [5, 5.41) is 3.98. The molecule has 1 saturated heterocycles. The average Bonchev–Trinajstić information content (AvgIpc) is 2.60. The van der Waals surface area contributed by atoms with Crippen molar-refractivity contribution in [3.05, 3.63) is 70.5 Å². The number of halogens is 3. The van der Waals surface area contributed by atoms with Crippen molar-refractivity contribution in [3.63, 3.8) is 0 Å². The van der Waals surface area contributed by atoms with E-state index in [-0.39, 0.29) is 36.1 Å². The molecular weight excluding hydrogens is 362 g/mol. The van der Waals surface area contributed by atoms with Crippen molar-refractivity contribution in [2.75, 3.05) is 19.6 Å². The predicted octanol–water partition coefficient (Wildman–Crippen LogP) is 4.18. The molecule has 1 aliphatic rings. The number of amides is 1. The number of hydrogen-bond donors (Lipinski definition) is 1. The van der Waals surface area contributed by atoms with Crippen molar-refractivity contribution in [2.45, 2.75) is 18.9 Å². The van der Waals surface area contributed by atoms with Crippen molar-refractivity contribution < 1.29 is 9.18 Å². The smallest absolute Gasteiger partial charge is 0.230 e. The van der Waals surface area contributed by atoms with Crippen LogP contribution in [0.4, 0.5) is 4.39 Å². The minimum atomic E-state index is -0.388. The Bertz CT molecular complexity index is 741. The summed E-state index contributed by atoms with van der Waals surface area (Å²) in [6.07, 6.45) is 0. The maximum Gasteiger partial charge on any atom is 0.230 e. The summed E-state index contributed by atoms with van der Waals surface area (Å²) in [6.45, 7) is 3.88. The standard InChI is InChI=1S/C19H20ClFN2O.ClH/c1-13(14-4-3-7-17(21)11-14)19(24)23-9-8-22-12-18(23)15-5-2-6-16(20)10-15;/h2-7,10-11,13,18,22H,8-9,12H2,1H3;1H. The normalized spacial score (nSPS) is 18.4. The Morgan fingerprint density at radius 1 is 1.28 bits per heavy atom. The third-order valence-corrected chi connectivity index (χ3v) is 4.71. The highest BCUT2D eigenvalue weighted by Gasteiger charge is 2.31. The minimum absolute atomic E-state index is 0. The van der Waals surface area contributed by atoms with E-state index in [1.54, 1.807) is 12.1 Å². The quantitative estimate of drug-likeness (QED) is 0.863. The number of nitrogens with one attached hydrogen (secondary N) is 1. The molecule has 2 atom stereocenters. The van der Waals surface area contributed by atoms with E-state index in [0.29, 0.717) is 23.7 Å². The summed E-state index contributed by atoms with van der Waals surface area (Å²) < 4.78 is 13.5. The number of rotatable bonds is 3. The third-order valence-electron chi connectivity index (χ3n) is 4.48. The van der Waals surface area contributed by atoms with Crippen LogP contribution in [0.25, 0.3) is 0 Å². The van der Waals surface area contributed by atoms with E-state index in [4.69, 9.17) is 11.6 Å². The van der Waals surface area contributed by atoms with E-state index in [0.717, 1.165) is 12.1 Å². The molecule has 0 aromatic heterocycles. The van der Waals surface area contributed by atoms with E-state index in [1.165, 1.54) is 12.1 Å². The summed E-state index contributed by atoms with van der Waals surface area (Å²) in [4.78, 5) is 14.9. The van der Waals surface area contributed by atoms with Crippen LogP contribution in [0.5, 0.6) is 0 Å². The summed E-state index contributed by atoms with van der Waals surface area (Å²) in [7, 11) is 0. The van der Waals surface area contributed by atoms with Gasteiger partial charge in [0.05, 0.1) is 12.0 Å². The molecule has 0 spiro atoms. The highest BCUT2D eigenvalue weighted by molar-refractivity contribution is 6.30. The Balaban J connectivity index is 0.00000225. The van der Waals surface area contributed by atoms with Gasteiger partial charge in [-0.1, -0.05) is 35.9 Å². The molecule has 1 aliphatic heterocycles. The zero-order valence-corrected chi connectivity index (χ0v) is 15.5. The molecular formula is C19H21Cl2FN2O. The average molecular weight is 383 g/mol. The summed E-state index contributed by atoms with van der Waals surface area (Å²) in [5.74, 6) is -0.702. The van der Waals surface area contributed by atoms with Gasteiger partial charge in [-0.2, -0.15) is 0 Å². The summed E-state index contributed by atoms with van der Waals surface area (Å²) in [6, 6.07) is 13.8. The van der Waals surface area contributed by atoms with Gasteiger partial charge in [0.15, 0.2) is 0 Å². The fourth-order valence-electron chi connectivity index (χ4n) is 3.15. The second kappa shape index (κ2) is 8.65. The molecule has 25 heavy (non-hydrogen) atoms. The molecule has 0 radical (unpaired) electrons. The van der Waals surface area contributed by atoms with Gasteiger partial charge >= 0.3 is 0 Å². The van der Waals surface area contributed by atoms with Gasteiger partial charge in [-0.25, -0.2) is 4.39 Å². The molecule has 1 amide bonds. The monoisotopic (exact) mass is 382 g/mol. The fourth-order valence-corrected chi connectivity index (χ4v) is 3.35. The summed E-state index contributed by atoms with van der Waals surface area (Å²) >= 11 is 6.10. The van der Waals surface area contributed by atoms with Gasteiger partial charge < -0.3 is 10.2 Å². The predicted molar refractivity (Wildman–Crippen MR) is 101 cm³/mol. The lowest BCUT2D eigenvalue weighted by molar-refractivity contribution is -0.135. The highest BCUT2D eigenvalue weighted by atomic mass is 35.5. The number of benzene rings is 2. The zero-order valence-electron chi connectivity index (χ0n) is 13.9. The Hall–Kier alpha value is -1.62. The van der Waals surface area contributed by atoms with Gasteiger partial charge in [0.25, 0.3) is 0 Å². The number of carbonyl (C=O) groups is 1. The lowest BCUT2D eigenvalue weighted by Crippen LogP contribution is -2.49. The van der Waals surface area contributed by atoms with E-state index in [2.05, 4.69) is 5.32 Å². The molecule has 1 fully saturated rings. The second-order valence-electron chi connectivity index (χ2n) is 6.08. The third kappa shape index (κ3) is 4.51. The van der Waals surface area contributed by atoms with E-state index in [1.807, 2.05) is 36.1 Å². The zero-order chi connectivity index (χ0) is 17.1. The summed E-state index contributed by atoms with van der Waals surface area (Å²) in [5.41, 5.74) is 1.71. The van der Waals surface area contributed by atoms with Crippen LogP contribution in [0.2, 0.25) is 5.02 Å².